The van der Waals surface area contributed by atoms with E-state index in [4.69, 9.17) is 23.2 Å². The van der Waals surface area contributed by atoms with Crippen molar-refractivity contribution in [3.63, 3.8) is 0 Å². The summed E-state index contributed by atoms with van der Waals surface area (Å²) in [5.41, 5.74) is 0. The Labute approximate surface area is 147 Å². The molecular formula is C15H20Cl2N2O3S. The molecule has 0 unspecified atom stereocenters. The lowest BCUT2D eigenvalue weighted by Crippen LogP contribution is -2.50. The molecular weight excluding hydrogens is 359 g/mol. The van der Waals surface area contributed by atoms with Crippen molar-refractivity contribution < 1.29 is 13.2 Å². The first kappa shape index (κ1) is 18.5. The van der Waals surface area contributed by atoms with Crippen LogP contribution in [0.4, 0.5) is 0 Å². The number of nitrogens with zero attached hydrogens (tertiary/aromatic N) is 2. The molecule has 0 N–H and O–H groups in total. The quantitative estimate of drug-likeness (QED) is 0.808. The van der Waals surface area contributed by atoms with Crippen molar-refractivity contribution in [1.82, 2.24) is 9.21 Å². The average Bonchev–Trinajstić information content (AvgIpc) is 2.49. The second-order valence-electron chi connectivity index (χ2n) is 5.96. The molecule has 8 heteroatoms. The Morgan fingerprint density at radius 2 is 1.74 bits per heavy atom. The second-order valence-corrected chi connectivity index (χ2v) is 8.71. The van der Waals surface area contributed by atoms with E-state index in [2.05, 4.69) is 0 Å². The van der Waals surface area contributed by atoms with E-state index in [-0.39, 0.29) is 28.9 Å². The smallest absolute Gasteiger partial charge is 0.243 e. The normalized spacial score (nSPS) is 16.8. The van der Waals surface area contributed by atoms with Crippen LogP contribution in [-0.4, -0.2) is 49.7 Å². The van der Waals surface area contributed by atoms with Crippen LogP contribution in [-0.2, 0) is 14.8 Å². The molecule has 1 saturated heterocycles. The van der Waals surface area contributed by atoms with E-state index in [9.17, 15) is 13.2 Å². The number of sulfonamides is 1. The fourth-order valence-electron chi connectivity index (χ4n) is 2.44. The molecule has 1 fully saturated rings. The molecule has 1 aliphatic heterocycles. The van der Waals surface area contributed by atoms with Crippen molar-refractivity contribution in [1.29, 1.82) is 0 Å². The maximum absolute atomic E-state index is 12.6. The van der Waals surface area contributed by atoms with Gasteiger partial charge in [0.25, 0.3) is 0 Å². The topological polar surface area (TPSA) is 57.7 Å². The summed E-state index contributed by atoms with van der Waals surface area (Å²) in [5.74, 6) is 0.368. The number of hydrogen-bond acceptors (Lipinski definition) is 3. The third kappa shape index (κ3) is 4.38. The Hall–Kier alpha value is -0.820. The van der Waals surface area contributed by atoms with Gasteiger partial charge in [-0.15, -0.1) is 0 Å². The van der Waals surface area contributed by atoms with Gasteiger partial charge in [0.05, 0.1) is 14.9 Å². The predicted molar refractivity (Wildman–Crippen MR) is 91.3 cm³/mol. The first-order valence-corrected chi connectivity index (χ1v) is 9.64. The van der Waals surface area contributed by atoms with E-state index in [1.807, 2.05) is 13.8 Å². The zero-order chi connectivity index (χ0) is 17.2. The molecule has 0 radical (unpaired) electrons. The van der Waals surface area contributed by atoms with E-state index >= 15 is 0 Å². The van der Waals surface area contributed by atoms with E-state index in [1.54, 1.807) is 4.90 Å². The Bertz CT molecular complexity index is 684. The predicted octanol–water partition coefficient (Wildman–Crippen LogP) is 2.87. The van der Waals surface area contributed by atoms with Gasteiger partial charge >= 0.3 is 0 Å². The van der Waals surface area contributed by atoms with Crippen molar-refractivity contribution >= 4 is 39.1 Å². The molecule has 5 nitrogen and oxygen atoms in total. The fourth-order valence-corrected chi connectivity index (χ4v) is 4.25. The van der Waals surface area contributed by atoms with Crippen molar-refractivity contribution in [3.8, 4) is 0 Å². The molecule has 0 bridgehead atoms. The molecule has 1 amide bonds. The Balaban J connectivity index is 2.06. The van der Waals surface area contributed by atoms with Crippen LogP contribution in [0, 0.1) is 5.92 Å². The molecule has 1 aliphatic rings. The average molecular weight is 379 g/mol. The second kappa shape index (κ2) is 7.38. The molecule has 0 atom stereocenters. The van der Waals surface area contributed by atoms with Gasteiger partial charge in [0.2, 0.25) is 15.9 Å². The number of piperazine rings is 1. The standard InChI is InChI=1S/C15H20Cl2N2O3S/c1-11(2)9-15(20)18-5-7-19(8-6-18)23(21,22)12-3-4-13(16)14(17)10-12/h3-4,10-11H,5-9H2,1-2H3. The third-order valence-corrected chi connectivity index (χ3v) is 6.34. The number of benzene rings is 1. The number of carbonyl (C=O) groups is 1. The van der Waals surface area contributed by atoms with E-state index in [0.717, 1.165) is 0 Å². The zero-order valence-electron chi connectivity index (χ0n) is 13.1. The Morgan fingerprint density at radius 3 is 2.26 bits per heavy atom. The fraction of sp³-hybridized carbons (Fsp3) is 0.533. The molecule has 1 heterocycles. The van der Waals surface area contributed by atoms with Crippen molar-refractivity contribution in [3.05, 3.63) is 28.2 Å². The molecule has 0 saturated carbocycles. The van der Waals surface area contributed by atoms with Crippen LogP contribution in [0.15, 0.2) is 23.1 Å². The highest BCUT2D eigenvalue weighted by molar-refractivity contribution is 7.89. The maximum atomic E-state index is 12.6. The van der Waals surface area contributed by atoms with Gasteiger partial charge in [0.1, 0.15) is 0 Å². The number of rotatable bonds is 4. The van der Waals surface area contributed by atoms with Crippen LogP contribution < -0.4 is 0 Å². The van der Waals surface area contributed by atoms with Crippen LogP contribution in [0.1, 0.15) is 20.3 Å². The Morgan fingerprint density at radius 1 is 1.13 bits per heavy atom. The molecule has 1 aromatic carbocycles. The highest BCUT2D eigenvalue weighted by Gasteiger charge is 2.30. The molecule has 1 aromatic rings. The highest BCUT2D eigenvalue weighted by atomic mass is 35.5. The van der Waals surface area contributed by atoms with Crippen LogP contribution >= 0.6 is 23.2 Å². The lowest BCUT2D eigenvalue weighted by Gasteiger charge is -2.34. The van der Waals surface area contributed by atoms with Gasteiger partial charge in [-0.1, -0.05) is 37.0 Å². The van der Waals surface area contributed by atoms with Crippen LogP contribution in [0.5, 0.6) is 0 Å². The summed E-state index contributed by atoms with van der Waals surface area (Å²) in [4.78, 5) is 13.9. The van der Waals surface area contributed by atoms with Gasteiger partial charge in [0, 0.05) is 32.6 Å². The summed E-state index contributed by atoms with van der Waals surface area (Å²) in [6.07, 6.45) is 0.486. The van der Waals surface area contributed by atoms with Gasteiger partial charge < -0.3 is 4.90 Å². The van der Waals surface area contributed by atoms with Gasteiger partial charge in [0.15, 0.2) is 0 Å². The van der Waals surface area contributed by atoms with E-state index < -0.39 is 10.0 Å². The SMILES string of the molecule is CC(C)CC(=O)N1CCN(S(=O)(=O)c2ccc(Cl)c(Cl)c2)CC1. The number of carbonyl (C=O) groups excluding carboxylic acids is 1. The minimum atomic E-state index is -3.62. The Kier molecular flexibility index (Phi) is 5.94. The van der Waals surface area contributed by atoms with Crippen LogP contribution in [0.25, 0.3) is 0 Å². The molecule has 23 heavy (non-hydrogen) atoms. The lowest BCUT2D eigenvalue weighted by atomic mass is 10.1. The maximum Gasteiger partial charge on any atom is 0.243 e. The number of amides is 1. The van der Waals surface area contributed by atoms with E-state index in [1.165, 1.54) is 22.5 Å². The van der Waals surface area contributed by atoms with Crippen molar-refractivity contribution in [2.24, 2.45) is 5.92 Å². The van der Waals surface area contributed by atoms with E-state index in [0.29, 0.717) is 30.5 Å². The first-order valence-electron chi connectivity index (χ1n) is 7.45. The summed E-state index contributed by atoms with van der Waals surface area (Å²) in [5, 5.41) is 0.521. The monoisotopic (exact) mass is 378 g/mol. The van der Waals surface area contributed by atoms with Gasteiger partial charge in [-0.05, 0) is 24.1 Å². The zero-order valence-corrected chi connectivity index (χ0v) is 15.5. The molecule has 0 aliphatic carbocycles. The third-order valence-electron chi connectivity index (χ3n) is 3.70. The largest absolute Gasteiger partial charge is 0.340 e. The molecule has 0 spiro atoms. The van der Waals surface area contributed by atoms with Gasteiger partial charge in [-0.2, -0.15) is 4.31 Å². The first-order chi connectivity index (χ1) is 10.7. The minimum absolute atomic E-state index is 0.0755. The summed E-state index contributed by atoms with van der Waals surface area (Å²) >= 11 is 11.7. The lowest BCUT2D eigenvalue weighted by molar-refractivity contribution is -0.133. The molecule has 0 aromatic heterocycles. The molecule has 128 valence electrons. The summed E-state index contributed by atoms with van der Waals surface area (Å²) < 4.78 is 26.6. The summed E-state index contributed by atoms with van der Waals surface area (Å²) in [6.45, 7) is 5.36. The molecule has 2 rings (SSSR count). The van der Waals surface area contributed by atoms with Crippen molar-refractivity contribution in [2.75, 3.05) is 26.2 Å². The summed E-state index contributed by atoms with van der Waals surface area (Å²) in [7, 11) is -3.62. The number of halogens is 2. The van der Waals surface area contributed by atoms with Crippen LogP contribution in [0.3, 0.4) is 0 Å². The summed E-state index contributed by atoms with van der Waals surface area (Å²) in [6, 6.07) is 4.27. The number of hydrogen-bond donors (Lipinski definition) is 0. The minimum Gasteiger partial charge on any atom is -0.340 e. The van der Waals surface area contributed by atoms with Gasteiger partial charge in [-0.25, -0.2) is 8.42 Å². The highest BCUT2D eigenvalue weighted by Crippen LogP contribution is 2.27. The van der Waals surface area contributed by atoms with Crippen LogP contribution in [0.2, 0.25) is 10.0 Å². The van der Waals surface area contributed by atoms with Gasteiger partial charge in [-0.3, -0.25) is 4.79 Å². The van der Waals surface area contributed by atoms with Crippen molar-refractivity contribution in [2.45, 2.75) is 25.2 Å².